The molecule has 0 amide bonds. The van der Waals surface area contributed by atoms with Crippen LogP contribution in [0.3, 0.4) is 0 Å². The van der Waals surface area contributed by atoms with Gasteiger partial charge in [-0.15, -0.1) is 0 Å². The van der Waals surface area contributed by atoms with Crippen LogP contribution in [0.2, 0.25) is 0 Å². The molecule has 0 unspecified atom stereocenters. The van der Waals surface area contributed by atoms with Crippen molar-refractivity contribution < 1.29 is 16.8 Å². The van der Waals surface area contributed by atoms with Gasteiger partial charge in [-0.1, -0.05) is 18.2 Å². The van der Waals surface area contributed by atoms with Crippen LogP contribution < -0.4 is 5.73 Å². The van der Waals surface area contributed by atoms with Crippen LogP contribution in [-0.2, 0) is 20.0 Å². The van der Waals surface area contributed by atoms with Gasteiger partial charge in [0.2, 0.25) is 20.0 Å². The first-order valence-corrected chi connectivity index (χ1v) is 13.4. The third-order valence-corrected chi connectivity index (χ3v) is 9.29. The number of hydrogen-bond donors (Lipinski definition) is 1. The Kier molecular flexibility index (Phi) is 6.36. The Bertz CT molecular complexity index is 1650. The fourth-order valence-corrected chi connectivity index (χ4v) is 5.56. The molecule has 0 radical (unpaired) electrons. The summed E-state index contributed by atoms with van der Waals surface area (Å²) < 4.78 is 52.9. The second kappa shape index (κ2) is 9.00. The van der Waals surface area contributed by atoms with Gasteiger partial charge in [0.25, 0.3) is 0 Å². The van der Waals surface area contributed by atoms with Crippen molar-refractivity contribution in [3.63, 3.8) is 0 Å². The zero-order chi connectivity index (χ0) is 25.5. The van der Waals surface area contributed by atoms with E-state index >= 15 is 0 Å². The second-order valence-corrected chi connectivity index (χ2v) is 12.6. The number of nitrogen functional groups attached to an aromatic ring is 1. The molecule has 0 spiro atoms. The largest absolute Gasteiger partial charge is 0.383 e. The number of anilines is 1. The van der Waals surface area contributed by atoms with E-state index in [0.717, 1.165) is 15.3 Å². The summed E-state index contributed by atoms with van der Waals surface area (Å²) in [6.07, 6.45) is 3.18. The van der Waals surface area contributed by atoms with Crippen molar-refractivity contribution in [2.24, 2.45) is 0 Å². The molecule has 0 atom stereocenters. The second-order valence-electron chi connectivity index (χ2n) is 8.30. The molecule has 9 nitrogen and oxygen atoms in total. The van der Waals surface area contributed by atoms with Gasteiger partial charge < -0.3 is 5.73 Å². The average Bonchev–Trinajstić information content (AvgIpc) is 2.83. The van der Waals surface area contributed by atoms with Gasteiger partial charge >= 0.3 is 0 Å². The minimum Gasteiger partial charge on any atom is -0.383 e. The van der Waals surface area contributed by atoms with Crippen molar-refractivity contribution in [3.05, 3.63) is 67.0 Å². The maximum atomic E-state index is 12.7. The van der Waals surface area contributed by atoms with Gasteiger partial charge in [0.15, 0.2) is 0 Å². The molecule has 2 aromatic carbocycles. The van der Waals surface area contributed by atoms with Crippen molar-refractivity contribution in [2.75, 3.05) is 33.9 Å². The molecule has 0 bridgehead atoms. The fourth-order valence-electron chi connectivity index (χ4n) is 3.63. The van der Waals surface area contributed by atoms with Gasteiger partial charge in [-0.3, -0.25) is 4.98 Å². The summed E-state index contributed by atoms with van der Waals surface area (Å²) in [5, 5.41) is 0.776. The Morgan fingerprint density at radius 3 is 2.14 bits per heavy atom. The first kappa shape index (κ1) is 24.7. The van der Waals surface area contributed by atoms with E-state index in [0.29, 0.717) is 22.2 Å². The van der Waals surface area contributed by atoms with Crippen LogP contribution in [0.1, 0.15) is 0 Å². The van der Waals surface area contributed by atoms with E-state index in [9.17, 15) is 16.8 Å². The van der Waals surface area contributed by atoms with Crippen LogP contribution in [-0.4, -0.2) is 63.6 Å². The van der Waals surface area contributed by atoms with Crippen molar-refractivity contribution >= 4 is 36.8 Å². The van der Waals surface area contributed by atoms with E-state index < -0.39 is 20.0 Å². The van der Waals surface area contributed by atoms with Crippen LogP contribution in [0.4, 0.5) is 5.82 Å². The molecule has 4 rings (SSSR count). The Morgan fingerprint density at radius 1 is 0.743 bits per heavy atom. The van der Waals surface area contributed by atoms with Crippen LogP contribution in [0, 0.1) is 0 Å². The number of fused-ring (bicyclic) bond motifs is 1. The van der Waals surface area contributed by atoms with E-state index in [-0.39, 0.29) is 15.6 Å². The monoisotopic (exact) mass is 511 g/mol. The van der Waals surface area contributed by atoms with E-state index in [1.54, 1.807) is 24.4 Å². The minimum atomic E-state index is -3.78. The summed E-state index contributed by atoms with van der Waals surface area (Å²) in [5.41, 5.74) is 9.36. The molecular formula is C24H25N5O4S2. The van der Waals surface area contributed by atoms with Crippen LogP contribution in [0.5, 0.6) is 0 Å². The van der Waals surface area contributed by atoms with E-state index in [1.165, 1.54) is 44.8 Å². The highest BCUT2D eigenvalue weighted by Gasteiger charge is 2.22. The van der Waals surface area contributed by atoms with Crippen molar-refractivity contribution in [3.8, 4) is 22.3 Å². The molecule has 2 aromatic heterocycles. The molecule has 0 aliphatic rings. The summed E-state index contributed by atoms with van der Waals surface area (Å²) >= 11 is 0. The van der Waals surface area contributed by atoms with E-state index in [4.69, 9.17) is 5.73 Å². The predicted octanol–water partition coefficient (Wildman–Crippen LogP) is 3.05. The molecule has 35 heavy (non-hydrogen) atoms. The molecular weight excluding hydrogens is 486 g/mol. The Morgan fingerprint density at radius 2 is 1.46 bits per heavy atom. The van der Waals surface area contributed by atoms with Gasteiger partial charge in [0.05, 0.1) is 10.4 Å². The van der Waals surface area contributed by atoms with Crippen molar-refractivity contribution in [1.29, 1.82) is 0 Å². The first-order valence-electron chi connectivity index (χ1n) is 10.5. The normalized spacial score (nSPS) is 12.5. The number of nitrogens with two attached hydrogens (primary N) is 1. The van der Waals surface area contributed by atoms with Crippen LogP contribution >= 0.6 is 0 Å². The van der Waals surface area contributed by atoms with Crippen molar-refractivity contribution in [1.82, 2.24) is 18.6 Å². The standard InChI is InChI=1S/C24H25N5O4S2/c1-28(2)34(30,31)19-7-5-6-17(12-19)20-10-11-26-22-9-8-16(13-21(20)22)18-14-23(24(25)27-15-18)35(32,33)29(3)4/h5-15H,1-4H3,(H2,25,27). The number of rotatable bonds is 6. The summed E-state index contributed by atoms with van der Waals surface area (Å²) in [4.78, 5) is 8.64. The molecule has 2 N–H and O–H groups in total. The van der Waals surface area contributed by atoms with Gasteiger partial charge in [-0.2, -0.15) is 0 Å². The lowest BCUT2D eigenvalue weighted by molar-refractivity contribution is 0.520. The van der Waals surface area contributed by atoms with Crippen LogP contribution in [0.25, 0.3) is 33.2 Å². The topological polar surface area (TPSA) is 127 Å². The van der Waals surface area contributed by atoms with Crippen molar-refractivity contribution in [2.45, 2.75) is 9.79 Å². The zero-order valence-corrected chi connectivity index (χ0v) is 21.3. The predicted molar refractivity (Wildman–Crippen MR) is 137 cm³/mol. The zero-order valence-electron chi connectivity index (χ0n) is 19.7. The molecule has 0 aliphatic heterocycles. The average molecular weight is 512 g/mol. The summed E-state index contributed by atoms with van der Waals surface area (Å²) in [7, 11) is -1.55. The number of sulfonamides is 2. The van der Waals surface area contributed by atoms with Crippen LogP contribution in [0.15, 0.2) is 76.8 Å². The molecule has 2 heterocycles. The number of benzene rings is 2. The third-order valence-electron chi connectivity index (χ3n) is 5.64. The number of nitrogens with zero attached hydrogens (tertiary/aromatic N) is 4. The maximum absolute atomic E-state index is 12.7. The molecule has 0 saturated heterocycles. The molecule has 182 valence electrons. The first-order chi connectivity index (χ1) is 16.4. The highest BCUT2D eigenvalue weighted by molar-refractivity contribution is 7.89. The van der Waals surface area contributed by atoms with Gasteiger partial charge in [0.1, 0.15) is 10.7 Å². The SMILES string of the molecule is CN(C)S(=O)(=O)c1cccc(-c2ccnc3ccc(-c4cnc(N)c(S(=O)(=O)N(C)C)c4)cc23)c1. The van der Waals surface area contributed by atoms with Gasteiger partial charge in [-0.25, -0.2) is 30.4 Å². The minimum absolute atomic E-state index is 0.0758. The summed E-state index contributed by atoms with van der Waals surface area (Å²) in [6.45, 7) is 0. The Balaban J connectivity index is 1.89. The smallest absolute Gasteiger partial charge is 0.246 e. The molecule has 0 saturated carbocycles. The van der Waals surface area contributed by atoms with Gasteiger partial charge in [0, 0.05) is 51.5 Å². The fraction of sp³-hybridized carbons (Fsp3) is 0.167. The lowest BCUT2D eigenvalue weighted by Crippen LogP contribution is -2.23. The molecule has 4 aromatic rings. The lowest BCUT2D eigenvalue weighted by atomic mass is 9.98. The number of aromatic nitrogens is 2. The van der Waals surface area contributed by atoms with E-state index in [1.807, 2.05) is 30.3 Å². The number of hydrogen-bond acceptors (Lipinski definition) is 7. The molecule has 0 fully saturated rings. The Labute approximate surface area is 205 Å². The van der Waals surface area contributed by atoms with Gasteiger partial charge in [-0.05, 0) is 53.1 Å². The summed E-state index contributed by atoms with van der Waals surface area (Å²) in [5.74, 6) is -0.0792. The molecule has 11 heteroatoms. The number of pyridine rings is 2. The molecule has 0 aliphatic carbocycles. The Hall–Kier alpha value is -3.38. The highest BCUT2D eigenvalue weighted by atomic mass is 32.2. The van der Waals surface area contributed by atoms with E-state index in [2.05, 4.69) is 9.97 Å². The maximum Gasteiger partial charge on any atom is 0.246 e. The highest BCUT2D eigenvalue weighted by Crippen LogP contribution is 2.33. The summed E-state index contributed by atoms with van der Waals surface area (Å²) in [6, 6.07) is 15.6. The third kappa shape index (κ3) is 4.50. The quantitative estimate of drug-likeness (QED) is 0.421. The lowest BCUT2D eigenvalue weighted by Gasteiger charge is -2.15.